The van der Waals surface area contributed by atoms with E-state index in [2.05, 4.69) is 36.7 Å². The molecule has 264 valence electrons. The molecule has 0 spiro atoms. The number of carbonyl (C=O) groups is 6. The predicted molar refractivity (Wildman–Crippen MR) is 176 cm³/mol. The number of aromatic nitrogens is 1. The molecule has 0 aliphatic carbocycles. The van der Waals surface area contributed by atoms with Crippen molar-refractivity contribution in [3.8, 4) is 0 Å². The van der Waals surface area contributed by atoms with E-state index in [-0.39, 0.29) is 34.2 Å². The Morgan fingerprint density at radius 3 is 2.23 bits per heavy atom. The number of thiazole rings is 1. The van der Waals surface area contributed by atoms with Gasteiger partial charge in [0.1, 0.15) is 32.1 Å². The molecule has 0 saturated carbocycles. The topological polar surface area (TPSA) is 235 Å². The molecule has 18 nitrogen and oxygen atoms in total. The molecule has 5 N–H and O–H groups in total. The summed E-state index contributed by atoms with van der Waals surface area (Å²) in [5, 5.41) is 19.2. The lowest BCUT2D eigenvalue weighted by molar-refractivity contribution is -0.179. The number of carbonyl (C=O) groups excluding carboxylic acids is 5. The fourth-order valence-corrected chi connectivity index (χ4v) is 7.64. The Morgan fingerprint density at radius 1 is 1.06 bits per heavy atom. The number of fused-ring (bicyclic) bond motifs is 1. The average molecular weight is 778 g/mol. The molecule has 3 aliphatic heterocycles. The molecule has 5 amide bonds. The molecular formula is C27H37BrN8O10S2. The molecule has 3 saturated heterocycles. The summed E-state index contributed by atoms with van der Waals surface area (Å²) < 4.78 is 10.9. The molecule has 1 aromatic rings. The number of nitrogens with one attached hydrogen (secondary N) is 2. The van der Waals surface area contributed by atoms with E-state index in [9.17, 15) is 33.9 Å². The standard InChI is InChI=1S/C27H37BrN8O10S2/c1-24(2,3)44-20(41)26(7,8)46-33-13(12-15(28)47-21(31-12)32-22(42)45-25(4,5)6)16(37)30-14-17(38)34-11-27(19(39)40,48-18(14)34)35-9-10-36(29)23(35)43/h14,18H,9-11,29H2,1-8H3,(H,30,37)(H,39,40)(H,31,32,42)/b33-13-/t14-,18-,27-/m1/s1. The molecule has 21 heteroatoms. The second-order valence-electron chi connectivity index (χ2n) is 13.5. The number of hydrogen-bond donors (Lipinski definition) is 4. The van der Waals surface area contributed by atoms with Crippen LogP contribution in [-0.2, 0) is 33.5 Å². The van der Waals surface area contributed by atoms with E-state index in [0.717, 1.165) is 33.0 Å². The number of nitrogens with zero attached hydrogens (tertiary/aromatic N) is 5. The van der Waals surface area contributed by atoms with Gasteiger partial charge in [-0.05, 0) is 71.3 Å². The second-order valence-corrected chi connectivity index (χ2v) is 17.2. The van der Waals surface area contributed by atoms with E-state index in [1.807, 2.05) is 0 Å². The number of β-lactam (4-membered cyclic amide) rings is 1. The number of ether oxygens (including phenoxy) is 2. The van der Waals surface area contributed by atoms with Gasteiger partial charge in [-0.3, -0.25) is 24.8 Å². The first-order chi connectivity index (χ1) is 22.0. The van der Waals surface area contributed by atoms with Gasteiger partial charge in [-0.1, -0.05) is 28.3 Å². The summed E-state index contributed by atoms with van der Waals surface area (Å²) in [6.07, 6.45) is -0.810. The van der Waals surface area contributed by atoms with Crippen LogP contribution in [0.15, 0.2) is 8.94 Å². The Kier molecular flexibility index (Phi) is 10.0. The molecular weight excluding hydrogens is 740 g/mol. The van der Waals surface area contributed by atoms with Crippen LogP contribution in [0.4, 0.5) is 14.7 Å². The van der Waals surface area contributed by atoms with Gasteiger partial charge in [-0.25, -0.2) is 30.0 Å². The zero-order valence-electron chi connectivity index (χ0n) is 27.4. The largest absolute Gasteiger partial charge is 0.479 e. The van der Waals surface area contributed by atoms with E-state index in [0.29, 0.717) is 0 Å². The van der Waals surface area contributed by atoms with Gasteiger partial charge >= 0.3 is 24.1 Å². The summed E-state index contributed by atoms with van der Waals surface area (Å²) in [5.41, 5.74) is -3.95. The predicted octanol–water partition coefficient (Wildman–Crippen LogP) is 1.89. The zero-order valence-corrected chi connectivity index (χ0v) is 30.6. The third-order valence-corrected chi connectivity index (χ3v) is 10.1. The van der Waals surface area contributed by atoms with Gasteiger partial charge in [0.25, 0.3) is 5.91 Å². The molecule has 3 atom stereocenters. The number of nitrogens with two attached hydrogens (primary N) is 1. The van der Waals surface area contributed by atoms with Crippen molar-refractivity contribution in [2.24, 2.45) is 11.0 Å². The van der Waals surface area contributed by atoms with Crippen molar-refractivity contribution >= 4 is 85.7 Å². The number of hydrazine groups is 1. The maximum absolute atomic E-state index is 13.8. The number of esters is 1. The number of carboxylic acid groups (broad SMARTS) is 1. The van der Waals surface area contributed by atoms with Gasteiger partial charge < -0.3 is 29.6 Å². The molecule has 3 fully saturated rings. The minimum Gasteiger partial charge on any atom is -0.479 e. The summed E-state index contributed by atoms with van der Waals surface area (Å²) in [5.74, 6) is 1.97. The first-order valence-electron chi connectivity index (χ1n) is 14.5. The third-order valence-electron chi connectivity index (χ3n) is 6.83. The van der Waals surface area contributed by atoms with Gasteiger partial charge in [0.15, 0.2) is 10.8 Å². The van der Waals surface area contributed by atoms with E-state index < -0.39 is 74.7 Å². The number of carboxylic acids is 1. The maximum atomic E-state index is 13.8. The monoisotopic (exact) mass is 776 g/mol. The minimum atomic E-state index is -1.83. The van der Waals surface area contributed by atoms with Gasteiger partial charge in [-0.2, -0.15) is 0 Å². The van der Waals surface area contributed by atoms with Crippen molar-refractivity contribution in [2.45, 2.75) is 88.5 Å². The van der Waals surface area contributed by atoms with Crippen LogP contribution in [-0.4, -0.2) is 119 Å². The highest BCUT2D eigenvalue weighted by atomic mass is 79.9. The van der Waals surface area contributed by atoms with Crippen molar-refractivity contribution in [3.05, 3.63) is 9.48 Å². The Bertz CT molecular complexity index is 1570. The molecule has 0 bridgehead atoms. The highest BCUT2D eigenvalue weighted by molar-refractivity contribution is 9.11. The molecule has 0 unspecified atom stereocenters. The zero-order chi connectivity index (χ0) is 36.1. The van der Waals surface area contributed by atoms with Crippen molar-refractivity contribution in [2.75, 3.05) is 25.0 Å². The fourth-order valence-electron chi connectivity index (χ4n) is 4.59. The molecule has 1 aromatic heterocycles. The van der Waals surface area contributed by atoms with Crippen LogP contribution in [0.5, 0.6) is 0 Å². The van der Waals surface area contributed by atoms with Crippen LogP contribution in [0.25, 0.3) is 0 Å². The van der Waals surface area contributed by atoms with E-state index in [4.69, 9.17) is 20.2 Å². The number of urea groups is 1. The van der Waals surface area contributed by atoms with E-state index in [1.165, 1.54) is 18.7 Å². The summed E-state index contributed by atoms with van der Waals surface area (Å²) in [6.45, 7) is 12.6. The van der Waals surface area contributed by atoms with Crippen molar-refractivity contribution in [1.29, 1.82) is 0 Å². The van der Waals surface area contributed by atoms with E-state index in [1.54, 1.807) is 41.5 Å². The lowest BCUT2D eigenvalue weighted by Crippen LogP contribution is -2.68. The van der Waals surface area contributed by atoms with Gasteiger partial charge in [-0.15, -0.1) is 0 Å². The fraction of sp³-hybridized carbons (Fsp3) is 0.630. The number of oxime groups is 1. The van der Waals surface area contributed by atoms with Crippen molar-refractivity contribution in [1.82, 2.24) is 25.1 Å². The SMILES string of the molecule is CC(C)(C)OC(=O)Nc1nc(/C(=N/OC(C)(C)C(=O)OC(C)(C)C)C(=O)N[C@@H]2C(=O)N3C[C@@](C(=O)O)(N4CCN(N)C4=O)S[C@H]23)c(Br)s1. The number of amides is 5. The third kappa shape index (κ3) is 7.62. The first-order valence-corrected chi connectivity index (χ1v) is 17.0. The summed E-state index contributed by atoms with van der Waals surface area (Å²) in [4.78, 5) is 87.7. The van der Waals surface area contributed by atoms with Crippen LogP contribution in [0.1, 0.15) is 61.1 Å². The van der Waals surface area contributed by atoms with Gasteiger partial charge in [0.2, 0.25) is 16.4 Å². The quantitative estimate of drug-likeness (QED) is 0.0701. The van der Waals surface area contributed by atoms with Crippen molar-refractivity contribution in [3.63, 3.8) is 0 Å². The highest BCUT2D eigenvalue weighted by Crippen LogP contribution is 2.49. The van der Waals surface area contributed by atoms with Gasteiger partial charge in [0.05, 0.1) is 13.1 Å². The molecule has 0 aromatic carbocycles. The Labute approximate surface area is 292 Å². The van der Waals surface area contributed by atoms with E-state index >= 15 is 0 Å². The molecule has 4 rings (SSSR count). The van der Waals surface area contributed by atoms with Crippen LogP contribution >= 0.6 is 39.0 Å². The Morgan fingerprint density at radius 2 is 1.69 bits per heavy atom. The Balaban J connectivity index is 1.62. The average Bonchev–Trinajstić information content (AvgIpc) is 3.59. The van der Waals surface area contributed by atoms with Crippen molar-refractivity contribution < 1.29 is 48.2 Å². The minimum absolute atomic E-state index is 0.0192. The summed E-state index contributed by atoms with van der Waals surface area (Å²) >= 11 is 5.07. The smallest absolute Gasteiger partial charge is 0.413 e. The van der Waals surface area contributed by atoms with Crippen LogP contribution in [0, 0.1) is 0 Å². The molecule has 48 heavy (non-hydrogen) atoms. The number of rotatable bonds is 9. The first kappa shape index (κ1) is 37.1. The maximum Gasteiger partial charge on any atom is 0.413 e. The van der Waals surface area contributed by atoms with Crippen LogP contribution in [0.3, 0.4) is 0 Å². The lowest BCUT2D eigenvalue weighted by atomic mass is 10.1. The summed E-state index contributed by atoms with van der Waals surface area (Å²) in [7, 11) is 0. The van der Waals surface area contributed by atoms with Gasteiger partial charge in [0, 0.05) is 6.54 Å². The Hall–Kier alpha value is -3.69. The summed E-state index contributed by atoms with van der Waals surface area (Å²) in [6, 6.07) is -1.93. The molecule has 4 heterocycles. The van der Waals surface area contributed by atoms with Crippen LogP contribution < -0.4 is 16.5 Å². The highest BCUT2D eigenvalue weighted by Gasteiger charge is 2.66. The molecule has 3 aliphatic rings. The lowest BCUT2D eigenvalue weighted by Gasteiger charge is -2.41. The number of thioether (sulfide) groups is 1. The number of hydrogen-bond acceptors (Lipinski definition) is 14. The number of anilines is 1. The number of aliphatic carboxylic acids is 1. The van der Waals surface area contributed by atoms with Crippen LogP contribution in [0.2, 0.25) is 0 Å². The number of halogens is 1. The molecule has 0 radical (unpaired) electrons. The normalized spacial score (nSPS) is 23.0. The second kappa shape index (κ2) is 13.0.